The Balaban J connectivity index is 1.37. The van der Waals surface area contributed by atoms with Crippen LogP contribution in [0.2, 0.25) is 0 Å². The Labute approximate surface area is 180 Å². The third kappa shape index (κ3) is 4.03. The van der Waals surface area contributed by atoms with E-state index in [9.17, 15) is 13.5 Å². The normalized spacial score (nSPS) is 25.7. The number of aliphatic hydroxyl groups excluding tert-OH is 1. The van der Waals surface area contributed by atoms with Crippen molar-refractivity contribution in [1.29, 1.82) is 0 Å². The second-order valence-corrected chi connectivity index (χ2v) is 9.59. The van der Waals surface area contributed by atoms with Crippen molar-refractivity contribution in [2.75, 3.05) is 11.9 Å². The van der Waals surface area contributed by atoms with Crippen molar-refractivity contribution in [2.24, 2.45) is 11.1 Å². The lowest BCUT2D eigenvalue weighted by Gasteiger charge is -2.16. The van der Waals surface area contributed by atoms with Crippen LogP contribution in [0.25, 0.3) is 5.52 Å². The zero-order valence-corrected chi connectivity index (χ0v) is 17.7. The number of nitrogens with one attached hydrogen (secondary N) is 1. The highest BCUT2D eigenvalue weighted by Crippen LogP contribution is 2.40. The summed E-state index contributed by atoms with van der Waals surface area (Å²) in [6.45, 7) is -0.122. The number of aryl methyl sites for hydroxylation is 1. The van der Waals surface area contributed by atoms with Crippen molar-refractivity contribution in [3.63, 3.8) is 0 Å². The summed E-state index contributed by atoms with van der Waals surface area (Å²) in [5.74, 6) is 0.500. The molecule has 4 N–H and O–H groups in total. The smallest absolute Gasteiger partial charge is 0.333 e. The molecule has 0 amide bonds. The van der Waals surface area contributed by atoms with Gasteiger partial charge in [0.15, 0.2) is 5.82 Å². The topological polar surface area (TPSA) is 132 Å². The molecule has 10 heteroatoms. The summed E-state index contributed by atoms with van der Waals surface area (Å²) in [7, 11) is -4.02. The largest absolute Gasteiger partial charge is 0.393 e. The first-order valence-electron chi connectivity index (χ1n) is 10.4. The lowest BCUT2D eigenvalue weighted by Crippen LogP contribution is -2.24. The number of benzene rings is 1. The van der Waals surface area contributed by atoms with Gasteiger partial charge in [-0.3, -0.25) is 4.18 Å². The molecule has 9 nitrogen and oxygen atoms in total. The van der Waals surface area contributed by atoms with Crippen LogP contribution in [0.5, 0.6) is 0 Å². The molecule has 0 saturated heterocycles. The van der Waals surface area contributed by atoms with E-state index in [4.69, 9.17) is 9.32 Å². The Hall–Kier alpha value is -2.53. The molecule has 1 aromatic carbocycles. The second kappa shape index (κ2) is 7.86. The van der Waals surface area contributed by atoms with Gasteiger partial charge in [-0.1, -0.05) is 24.3 Å². The van der Waals surface area contributed by atoms with Crippen molar-refractivity contribution in [3.8, 4) is 0 Å². The van der Waals surface area contributed by atoms with Gasteiger partial charge in [-0.15, -0.1) is 0 Å². The van der Waals surface area contributed by atoms with Crippen LogP contribution in [0.3, 0.4) is 0 Å². The van der Waals surface area contributed by atoms with Gasteiger partial charge in [-0.05, 0) is 48.9 Å². The Kier molecular flexibility index (Phi) is 5.17. The van der Waals surface area contributed by atoms with Crippen LogP contribution >= 0.6 is 0 Å². The maximum atomic E-state index is 11.1. The molecular weight excluding hydrogens is 418 g/mol. The number of hydrogen-bond acceptors (Lipinski definition) is 7. The molecule has 2 heterocycles. The summed E-state index contributed by atoms with van der Waals surface area (Å²) in [6, 6.07) is 12.7. The van der Waals surface area contributed by atoms with Gasteiger partial charge in [0, 0.05) is 17.5 Å². The van der Waals surface area contributed by atoms with Crippen LogP contribution in [-0.4, -0.2) is 40.8 Å². The molecule has 3 aromatic rings. The average molecular weight is 444 g/mol. The number of aliphatic hydroxyl groups is 1. The van der Waals surface area contributed by atoms with Crippen LogP contribution in [-0.2, 0) is 20.9 Å². The van der Waals surface area contributed by atoms with Crippen molar-refractivity contribution in [2.45, 2.75) is 43.7 Å². The van der Waals surface area contributed by atoms with Gasteiger partial charge in [0.25, 0.3) is 0 Å². The summed E-state index contributed by atoms with van der Waals surface area (Å²) in [4.78, 5) is 4.48. The van der Waals surface area contributed by atoms with Crippen molar-refractivity contribution < 1.29 is 17.7 Å². The van der Waals surface area contributed by atoms with E-state index in [1.807, 2.05) is 16.6 Å². The first-order chi connectivity index (χ1) is 14.9. The summed E-state index contributed by atoms with van der Waals surface area (Å²) >= 11 is 0. The van der Waals surface area contributed by atoms with Gasteiger partial charge in [0.2, 0.25) is 0 Å². The molecule has 2 aromatic heterocycles. The van der Waals surface area contributed by atoms with E-state index < -0.39 is 16.4 Å². The molecule has 0 spiro atoms. The Bertz CT molecular complexity index is 1210. The number of hydrogen-bond donors (Lipinski definition) is 3. The molecule has 2 aliphatic rings. The maximum Gasteiger partial charge on any atom is 0.333 e. The Morgan fingerprint density at radius 3 is 2.90 bits per heavy atom. The molecule has 0 radical (unpaired) electrons. The van der Waals surface area contributed by atoms with Crippen molar-refractivity contribution in [1.82, 2.24) is 14.6 Å². The summed E-state index contributed by atoms with van der Waals surface area (Å²) in [5.41, 5.74) is 4.52. The summed E-state index contributed by atoms with van der Waals surface area (Å²) in [6.07, 6.45) is 4.03. The Morgan fingerprint density at radius 2 is 2.06 bits per heavy atom. The minimum Gasteiger partial charge on any atom is -0.393 e. The molecule has 0 bridgehead atoms. The van der Waals surface area contributed by atoms with Crippen LogP contribution in [0.1, 0.15) is 48.0 Å². The van der Waals surface area contributed by atoms with Gasteiger partial charge in [-0.25, -0.2) is 14.6 Å². The average Bonchev–Trinajstić information content (AvgIpc) is 3.43. The third-order valence-corrected chi connectivity index (χ3v) is 6.91. The number of nitrogens with zero attached hydrogens (tertiary/aromatic N) is 3. The monoisotopic (exact) mass is 443 g/mol. The third-order valence-electron chi connectivity index (χ3n) is 6.45. The number of fused-ring (bicyclic) bond motifs is 2. The first-order valence-corrected chi connectivity index (χ1v) is 11.9. The van der Waals surface area contributed by atoms with Crippen LogP contribution < -0.4 is 10.5 Å². The van der Waals surface area contributed by atoms with Gasteiger partial charge in [0.05, 0.1) is 18.8 Å². The highest BCUT2D eigenvalue weighted by atomic mass is 32.2. The van der Waals surface area contributed by atoms with Gasteiger partial charge in [0.1, 0.15) is 11.8 Å². The van der Waals surface area contributed by atoms with Gasteiger partial charge >= 0.3 is 10.3 Å². The fourth-order valence-electron chi connectivity index (χ4n) is 4.95. The SMILES string of the molecule is NS(=O)(=O)OC[C@H]1CC(c2ccc3c(N[C@H]4CCc5ccccc54)ncnn23)C[C@@H]1O. The quantitative estimate of drug-likeness (QED) is 0.530. The molecule has 4 atom stereocenters. The van der Waals surface area contributed by atoms with Gasteiger partial charge in [-0.2, -0.15) is 13.5 Å². The molecular formula is C21H25N5O4S. The Morgan fingerprint density at radius 1 is 1.23 bits per heavy atom. The predicted molar refractivity (Wildman–Crippen MR) is 115 cm³/mol. The fourth-order valence-corrected chi connectivity index (χ4v) is 5.32. The van der Waals surface area contributed by atoms with E-state index in [2.05, 4.69) is 39.7 Å². The highest BCUT2D eigenvalue weighted by molar-refractivity contribution is 7.84. The maximum absolute atomic E-state index is 11.1. The van der Waals surface area contributed by atoms with Crippen LogP contribution in [0, 0.1) is 5.92 Å². The molecule has 2 aliphatic carbocycles. The lowest BCUT2D eigenvalue weighted by atomic mass is 10.0. The number of rotatable bonds is 6. The predicted octanol–water partition coefficient (Wildman–Crippen LogP) is 1.90. The molecule has 0 aliphatic heterocycles. The molecule has 164 valence electrons. The highest BCUT2D eigenvalue weighted by Gasteiger charge is 2.36. The number of aromatic nitrogens is 3. The zero-order valence-electron chi connectivity index (χ0n) is 16.9. The molecule has 1 saturated carbocycles. The lowest BCUT2D eigenvalue weighted by molar-refractivity contribution is 0.101. The van der Waals surface area contributed by atoms with E-state index >= 15 is 0 Å². The molecule has 31 heavy (non-hydrogen) atoms. The minimum absolute atomic E-state index is 0.0292. The van der Waals surface area contributed by atoms with Crippen molar-refractivity contribution >= 4 is 21.6 Å². The molecule has 1 unspecified atom stereocenters. The minimum atomic E-state index is -4.02. The van der Waals surface area contributed by atoms with E-state index in [1.54, 1.807) is 0 Å². The van der Waals surface area contributed by atoms with Crippen molar-refractivity contribution in [3.05, 3.63) is 59.5 Å². The van der Waals surface area contributed by atoms with E-state index in [1.165, 1.54) is 17.5 Å². The van der Waals surface area contributed by atoms with Crippen LogP contribution in [0.15, 0.2) is 42.7 Å². The summed E-state index contributed by atoms with van der Waals surface area (Å²) < 4.78 is 28.7. The van der Waals surface area contributed by atoms with E-state index in [0.29, 0.717) is 12.8 Å². The standard InChI is InChI=1S/C21H25N5O4S/c22-31(28,29)30-11-15-9-14(10-20(15)27)18-7-8-19-21(23-12-24-26(18)19)25-17-6-5-13-3-1-2-4-16(13)17/h1-4,7-8,12,14-15,17,20,27H,5-6,9-11H2,(H2,22,28,29)(H,23,24,25)/t14?,15-,17+,20+/m1/s1. The number of nitrogens with two attached hydrogens (primary N) is 1. The fraction of sp³-hybridized carbons (Fsp3) is 0.429. The van der Waals surface area contributed by atoms with E-state index in [-0.39, 0.29) is 24.5 Å². The molecule has 5 rings (SSSR count). The van der Waals surface area contributed by atoms with Gasteiger partial charge < -0.3 is 10.4 Å². The molecule has 1 fully saturated rings. The number of anilines is 1. The van der Waals surface area contributed by atoms with E-state index in [0.717, 1.165) is 29.9 Å². The van der Waals surface area contributed by atoms with Crippen LogP contribution in [0.4, 0.5) is 5.82 Å². The second-order valence-electron chi connectivity index (χ2n) is 8.37. The zero-order chi connectivity index (χ0) is 21.6. The summed E-state index contributed by atoms with van der Waals surface area (Å²) in [5, 5.41) is 23.3. The first kappa shape index (κ1) is 20.4.